The molecule has 1 rings (SSSR count). The van der Waals surface area contributed by atoms with E-state index in [0.717, 1.165) is 0 Å². The number of anilines is 1. The first-order chi connectivity index (χ1) is 9.51. The monoisotopic (exact) mass is 282 g/mol. The summed E-state index contributed by atoms with van der Waals surface area (Å²) in [7, 11) is 1.52. The van der Waals surface area contributed by atoms with Crippen LogP contribution in [0.3, 0.4) is 0 Å². The molecule has 0 atom stereocenters. The van der Waals surface area contributed by atoms with Crippen LogP contribution in [0, 0.1) is 0 Å². The number of ether oxygens (including phenoxy) is 2. The van der Waals surface area contributed by atoms with Gasteiger partial charge in [-0.2, -0.15) is 0 Å². The normalized spacial score (nSPS) is 9.65. The standard InChI is InChI=1S/C12H14N2O6/c1-19-9-4-2-8(3-5-9)13-12(18)14-10(15)6-20-7-11(16)17/h2-5H,6-7H2,1H3,(H,16,17)(H2,13,14,15,18). The van der Waals surface area contributed by atoms with Crippen LogP contribution in [0.4, 0.5) is 10.5 Å². The van der Waals surface area contributed by atoms with Gasteiger partial charge in [-0.1, -0.05) is 0 Å². The van der Waals surface area contributed by atoms with E-state index in [1.54, 1.807) is 24.3 Å². The number of benzene rings is 1. The largest absolute Gasteiger partial charge is 0.497 e. The minimum atomic E-state index is -1.19. The summed E-state index contributed by atoms with van der Waals surface area (Å²) >= 11 is 0. The highest BCUT2D eigenvalue weighted by atomic mass is 16.5. The summed E-state index contributed by atoms with van der Waals surface area (Å²) in [5.41, 5.74) is 0.475. The molecule has 0 spiro atoms. The van der Waals surface area contributed by atoms with Crippen LogP contribution in [0.5, 0.6) is 5.75 Å². The third-order valence-corrected chi connectivity index (χ3v) is 2.06. The first-order valence-electron chi connectivity index (χ1n) is 5.55. The molecule has 8 nitrogen and oxygen atoms in total. The number of aliphatic carboxylic acids is 1. The highest BCUT2D eigenvalue weighted by Gasteiger charge is 2.09. The van der Waals surface area contributed by atoms with Crippen LogP contribution in [-0.2, 0) is 14.3 Å². The zero-order valence-corrected chi connectivity index (χ0v) is 10.7. The average Bonchev–Trinajstić information content (AvgIpc) is 2.38. The Morgan fingerprint density at radius 3 is 2.35 bits per heavy atom. The van der Waals surface area contributed by atoms with Crippen molar-refractivity contribution in [2.75, 3.05) is 25.6 Å². The number of carboxylic acids is 1. The number of amides is 3. The molecule has 0 unspecified atom stereocenters. The van der Waals surface area contributed by atoms with E-state index < -0.39 is 31.1 Å². The minimum Gasteiger partial charge on any atom is -0.497 e. The Morgan fingerprint density at radius 1 is 1.15 bits per heavy atom. The fraction of sp³-hybridized carbons (Fsp3) is 0.250. The smallest absolute Gasteiger partial charge is 0.329 e. The maximum Gasteiger partial charge on any atom is 0.329 e. The third kappa shape index (κ3) is 5.83. The van der Waals surface area contributed by atoms with Crippen molar-refractivity contribution in [2.45, 2.75) is 0 Å². The molecule has 0 bridgehead atoms. The van der Waals surface area contributed by atoms with Gasteiger partial charge >= 0.3 is 12.0 Å². The lowest BCUT2D eigenvalue weighted by molar-refractivity contribution is -0.143. The zero-order chi connectivity index (χ0) is 15.0. The van der Waals surface area contributed by atoms with E-state index >= 15 is 0 Å². The molecule has 0 aliphatic heterocycles. The molecule has 1 aromatic carbocycles. The van der Waals surface area contributed by atoms with E-state index in [1.165, 1.54) is 7.11 Å². The third-order valence-electron chi connectivity index (χ3n) is 2.06. The van der Waals surface area contributed by atoms with Gasteiger partial charge in [0.05, 0.1) is 7.11 Å². The number of rotatable bonds is 6. The molecule has 3 amide bonds. The number of carbonyl (C=O) groups excluding carboxylic acids is 2. The van der Waals surface area contributed by atoms with Gasteiger partial charge in [-0.05, 0) is 24.3 Å². The average molecular weight is 282 g/mol. The summed E-state index contributed by atoms with van der Waals surface area (Å²) in [5.74, 6) is -1.30. The van der Waals surface area contributed by atoms with E-state index in [9.17, 15) is 14.4 Å². The molecular weight excluding hydrogens is 268 g/mol. The number of methoxy groups -OCH3 is 1. The number of imide groups is 1. The number of hydrogen-bond acceptors (Lipinski definition) is 5. The van der Waals surface area contributed by atoms with E-state index in [2.05, 4.69) is 10.1 Å². The molecule has 0 heterocycles. The van der Waals surface area contributed by atoms with Gasteiger partial charge in [0, 0.05) is 5.69 Å². The Morgan fingerprint density at radius 2 is 1.80 bits per heavy atom. The van der Waals surface area contributed by atoms with Gasteiger partial charge in [-0.3, -0.25) is 10.1 Å². The summed E-state index contributed by atoms with van der Waals surface area (Å²) in [6.07, 6.45) is 0. The van der Waals surface area contributed by atoms with Gasteiger partial charge in [0.2, 0.25) is 0 Å². The number of carbonyl (C=O) groups is 3. The Hall–Kier alpha value is -2.61. The fourth-order valence-electron chi connectivity index (χ4n) is 1.23. The second-order valence-corrected chi connectivity index (χ2v) is 3.62. The highest BCUT2D eigenvalue weighted by molar-refractivity contribution is 6.01. The molecule has 0 radical (unpaired) electrons. The predicted octanol–water partition coefficient (Wildman–Crippen LogP) is 0.444. The van der Waals surface area contributed by atoms with Crippen LogP contribution in [0.25, 0.3) is 0 Å². The highest BCUT2D eigenvalue weighted by Crippen LogP contribution is 2.14. The molecule has 0 aliphatic rings. The lowest BCUT2D eigenvalue weighted by Crippen LogP contribution is -2.37. The van der Waals surface area contributed by atoms with Crippen molar-refractivity contribution in [3.8, 4) is 5.75 Å². The predicted molar refractivity (Wildman–Crippen MR) is 68.6 cm³/mol. The summed E-state index contributed by atoms with van der Waals surface area (Å²) < 4.78 is 9.49. The first-order valence-corrected chi connectivity index (χ1v) is 5.55. The van der Waals surface area contributed by atoms with Crippen LogP contribution in [0.2, 0.25) is 0 Å². The molecule has 0 saturated carbocycles. The zero-order valence-electron chi connectivity index (χ0n) is 10.7. The van der Waals surface area contributed by atoms with Crippen LogP contribution in [0.15, 0.2) is 24.3 Å². The maximum atomic E-state index is 11.4. The van der Waals surface area contributed by atoms with Gasteiger partial charge in [-0.25, -0.2) is 9.59 Å². The molecule has 0 saturated heterocycles. The second kappa shape index (κ2) is 7.74. The van der Waals surface area contributed by atoms with E-state index in [-0.39, 0.29) is 0 Å². The summed E-state index contributed by atoms with van der Waals surface area (Å²) in [6.45, 7) is -1.12. The van der Waals surface area contributed by atoms with Crippen molar-refractivity contribution in [2.24, 2.45) is 0 Å². The summed E-state index contributed by atoms with van der Waals surface area (Å²) in [4.78, 5) is 32.8. The lowest BCUT2D eigenvalue weighted by Gasteiger charge is -2.07. The molecule has 8 heteroatoms. The molecular formula is C12H14N2O6. The lowest BCUT2D eigenvalue weighted by atomic mass is 10.3. The van der Waals surface area contributed by atoms with Crippen molar-refractivity contribution >= 4 is 23.6 Å². The van der Waals surface area contributed by atoms with Crippen molar-refractivity contribution in [1.82, 2.24) is 5.32 Å². The van der Waals surface area contributed by atoms with Crippen LogP contribution >= 0.6 is 0 Å². The Bertz CT molecular complexity index is 485. The Labute approximate surface area is 114 Å². The molecule has 0 aromatic heterocycles. The van der Waals surface area contributed by atoms with Crippen LogP contribution in [0.1, 0.15) is 0 Å². The second-order valence-electron chi connectivity index (χ2n) is 3.62. The maximum absolute atomic E-state index is 11.4. The quantitative estimate of drug-likeness (QED) is 0.697. The number of urea groups is 1. The Kier molecular flexibility index (Phi) is 5.98. The van der Waals surface area contributed by atoms with Gasteiger partial charge in [-0.15, -0.1) is 0 Å². The molecule has 1 aromatic rings. The fourth-order valence-corrected chi connectivity index (χ4v) is 1.23. The van der Waals surface area contributed by atoms with Crippen molar-refractivity contribution < 1.29 is 29.0 Å². The molecule has 20 heavy (non-hydrogen) atoms. The van der Waals surface area contributed by atoms with Crippen molar-refractivity contribution in [3.63, 3.8) is 0 Å². The molecule has 3 N–H and O–H groups in total. The Balaban J connectivity index is 2.34. The summed E-state index contributed by atoms with van der Waals surface area (Å²) in [5, 5.41) is 12.7. The van der Waals surface area contributed by atoms with E-state index in [1.807, 2.05) is 5.32 Å². The number of carboxylic acid groups (broad SMARTS) is 1. The molecule has 108 valence electrons. The van der Waals surface area contributed by atoms with E-state index in [0.29, 0.717) is 11.4 Å². The topological polar surface area (TPSA) is 114 Å². The molecule has 0 aliphatic carbocycles. The van der Waals surface area contributed by atoms with E-state index in [4.69, 9.17) is 9.84 Å². The number of nitrogens with one attached hydrogen (secondary N) is 2. The van der Waals surface area contributed by atoms with Crippen molar-refractivity contribution in [3.05, 3.63) is 24.3 Å². The van der Waals surface area contributed by atoms with Crippen molar-refractivity contribution in [1.29, 1.82) is 0 Å². The first kappa shape index (κ1) is 15.4. The molecule has 0 fully saturated rings. The minimum absolute atomic E-state index is 0.475. The van der Waals surface area contributed by atoms with Crippen LogP contribution < -0.4 is 15.4 Å². The summed E-state index contributed by atoms with van der Waals surface area (Å²) in [6, 6.07) is 5.76. The van der Waals surface area contributed by atoms with Gasteiger partial charge in [0.1, 0.15) is 19.0 Å². The SMILES string of the molecule is COc1ccc(NC(=O)NC(=O)COCC(=O)O)cc1. The van der Waals surface area contributed by atoms with Gasteiger partial charge in [0.25, 0.3) is 5.91 Å². The van der Waals surface area contributed by atoms with Crippen LogP contribution in [-0.4, -0.2) is 43.3 Å². The van der Waals surface area contributed by atoms with Gasteiger partial charge in [0.15, 0.2) is 0 Å². The number of hydrogen-bond donors (Lipinski definition) is 3. The van der Waals surface area contributed by atoms with Gasteiger partial charge < -0.3 is 19.9 Å².